The number of H-pyrrole nitrogens is 1. The van der Waals surface area contributed by atoms with E-state index >= 15 is 0 Å². The zero-order valence-corrected chi connectivity index (χ0v) is 11.5. The van der Waals surface area contributed by atoms with E-state index in [9.17, 15) is 14.7 Å². The summed E-state index contributed by atoms with van der Waals surface area (Å²) >= 11 is 0. The highest BCUT2D eigenvalue weighted by Gasteiger charge is 2.12. The van der Waals surface area contributed by atoms with Crippen LogP contribution in [0, 0.1) is 0 Å². The summed E-state index contributed by atoms with van der Waals surface area (Å²) in [7, 11) is 0. The molecule has 108 valence electrons. The molecule has 2 rings (SSSR count). The second kappa shape index (κ2) is 5.50. The van der Waals surface area contributed by atoms with E-state index in [1.807, 2.05) is 0 Å². The van der Waals surface area contributed by atoms with E-state index in [0.29, 0.717) is 24.1 Å². The molecule has 0 bridgehead atoms. The molecule has 6 heteroatoms. The number of carbonyl (C=O) groups is 1. The van der Waals surface area contributed by atoms with Crippen LogP contribution < -0.4 is 11.1 Å². The van der Waals surface area contributed by atoms with Crippen molar-refractivity contribution >= 4 is 17.0 Å². The second-order valence-corrected chi connectivity index (χ2v) is 5.43. The molecule has 0 radical (unpaired) electrons. The van der Waals surface area contributed by atoms with E-state index < -0.39 is 11.4 Å². The van der Waals surface area contributed by atoms with Crippen LogP contribution in [0.1, 0.15) is 25.8 Å². The van der Waals surface area contributed by atoms with Crippen molar-refractivity contribution in [2.75, 3.05) is 6.54 Å². The van der Waals surface area contributed by atoms with Crippen LogP contribution in [0.25, 0.3) is 11.1 Å². The van der Waals surface area contributed by atoms with Crippen molar-refractivity contribution in [3.63, 3.8) is 0 Å². The number of fused-ring (bicyclic) bond motifs is 1. The Hall–Kier alpha value is -2.08. The fraction of sp³-hybridized carbons (Fsp3) is 0.429. The number of amides is 1. The number of hydrogen-bond donors (Lipinski definition) is 3. The SMILES string of the molecule is CC(C)(O)CCNC(=O)Cc1ccc2oc(=O)[nH]c2c1. The number of carbonyl (C=O) groups excluding carboxylic acids is 1. The van der Waals surface area contributed by atoms with Gasteiger partial charge in [0.15, 0.2) is 5.58 Å². The van der Waals surface area contributed by atoms with E-state index in [1.54, 1.807) is 32.0 Å². The van der Waals surface area contributed by atoms with Crippen molar-refractivity contribution in [1.29, 1.82) is 0 Å². The molecular weight excluding hydrogens is 260 g/mol. The number of aromatic nitrogens is 1. The summed E-state index contributed by atoms with van der Waals surface area (Å²) < 4.78 is 4.89. The van der Waals surface area contributed by atoms with Crippen molar-refractivity contribution in [3.05, 3.63) is 34.3 Å². The summed E-state index contributed by atoms with van der Waals surface area (Å²) in [5.41, 5.74) is 1.05. The van der Waals surface area contributed by atoms with Gasteiger partial charge in [0.1, 0.15) is 0 Å². The zero-order chi connectivity index (χ0) is 14.8. The quantitative estimate of drug-likeness (QED) is 0.758. The van der Waals surface area contributed by atoms with Gasteiger partial charge in [-0.15, -0.1) is 0 Å². The van der Waals surface area contributed by atoms with Crippen LogP contribution in [-0.2, 0) is 11.2 Å². The van der Waals surface area contributed by atoms with Crippen LogP contribution in [-0.4, -0.2) is 28.1 Å². The first-order valence-corrected chi connectivity index (χ1v) is 6.44. The third-order valence-corrected chi connectivity index (χ3v) is 2.91. The number of aliphatic hydroxyl groups is 1. The van der Waals surface area contributed by atoms with Crippen molar-refractivity contribution < 1.29 is 14.3 Å². The predicted octanol–water partition coefficient (Wildman–Crippen LogP) is 0.941. The first-order valence-electron chi connectivity index (χ1n) is 6.44. The average molecular weight is 278 g/mol. The molecule has 1 amide bonds. The highest BCUT2D eigenvalue weighted by molar-refractivity contribution is 5.80. The van der Waals surface area contributed by atoms with Gasteiger partial charge >= 0.3 is 5.76 Å². The molecule has 1 aromatic carbocycles. The molecule has 3 N–H and O–H groups in total. The molecule has 0 aliphatic carbocycles. The van der Waals surface area contributed by atoms with E-state index in [1.165, 1.54) is 0 Å². The summed E-state index contributed by atoms with van der Waals surface area (Å²) in [4.78, 5) is 25.3. The van der Waals surface area contributed by atoms with Crippen LogP contribution in [0.15, 0.2) is 27.4 Å². The number of aromatic amines is 1. The van der Waals surface area contributed by atoms with Crippen LogP contribution in [0.5, 0.6) is 0 Å². The maximum Gasteiger partial charge on any atom is 0.417 e. The lowest BCUT2D eigenvalue weighted by Crippen LogP contribution is -2.31. The number of nitrogens with one attached hydrogen (secondary N) is 2. The van der Waals surface area contributed by atoms with Gasteiger partial charge in [-0.1, -0.05) is 6.07 Å². The Morgan fingerprint density at radius 3 is 2.90 bits per heavy atom. The van der Waals surface area contributed by atoms with Gasteiger partial charge in [0.25, 0.3) is 0 Å². The Kier molecular flexibility index (Phi) is 3.94. The van der Waals surface area contributed by atoms with Gasteiger partial charge in [0, 0.05) is 6.54 Å². The third kappa shape index (κ3) is 3.96. The lowest BCUT2D eigenvalue weighted by molar-refractivity contribution is -0.120. The molecular formula is C14H18N2O4. The molecule has 0 atom stereocenters. The van der Waals surface area contributed by atoms with Gasteiger partial charge in [0.2, 0.25) is 5.91 Å². The number of rotatable bonds is 5. The first-order chi connectivity index (χ1) is 9.33. The molecule has 0 fully saturated rings. The highest BCUT2D eigenvalue weighted by Crippen LogP contribution is 2.12. The van der Waals surface area contributed by atoms with Crippen molar-refractivity contribution in [2.45, 2.75) is 32.3 Å². The molecule has 0 saturated heterocycles. The van der Waals surface area contributed by atoms with E-state index in [-0.39, 0.29) is 12.3 Å². The Labute approximate surface area is 115 Å². The normalized spacial score (nSPS) is 11.8. The Balaban J connectivity index is 1.94. The lowest BCUT2D eigenvalue weighted by atomic mass is 10.1. The average Bonchev–Trinajstić information content (AvgIpc) is 2.66. The standard InChI is InChI=1S/C14H18N2O4/c1-14(2,19)5-6-15-12(17)8-9-3-4-11-10(7-9)16-13(18)20-11/h3-4,7,19H,5-6,8H2,1-2H3,(H,15,17)(H,16,18). The van der Waals surface area contributed by atoms with Gasteiger partial charge < -0.3 is 14.8 Å². The maximum absolute atomic E-state index is 11.8. The Bertz CT molecular complexity index is 664. The van der Waals surface area contributed by atoms with Crippen LogP contribution in [0.2, 0.25) is 0 Å². The van der Waals surface area contributed by atoms with Crippen LogP contribution >= 0.6 is 0 Å². The van der Waals surface area contributed by atoms with Crippen molar-refractivity contribution in [2.24, 2.45) is 0 Å². The van der Waals surface area contributed by atoms with Crippen LogP contribution in [0.3, 0.4) is 0 Å². The van der Waals surface area contributed by atoms with Crippen LogP contribution in [0.4, 0.5) is 0 Å². The summed E-state index contributed by atoms with van der Waals surface area (Å²) in [5.74, 6) is -0.633. The molecule has 0 saturated carbocycles. The topological polar surface area (TPSA) is 95.3 Å². The fourth-order valence-electron chi connectivity index (χ4n) is 1.86. The predicted molar refractivity (Wildman–Crippen MR) is 74.5 cm³/mol. The number of benzene rings is 1. The lowest BCUT2D eigenvalue weighted by Gasteiger charge is -2.16. The van der Waals surface area contributed by atoms with Gasteiger partial charge in [-0.3, -0.25) is 9.78 Å². The van der Waals surface area contributed by atoms with Gasteiger partial charge in [0.05, 0.1) is 17.5 Å². The molecule has 1 heterocycles. The highest BCUT2D eigenvalue weighted by atomic mass is 16.4. The minimum Gasteiger partial charge on any atom is -0.408 e. The van der Waals surface area contributed by atoms with Crippen molar-refractivity contribution in [1.82, 2.24) is 10.3 Å². The summed E-state index contributed by atoms with van der Waals surface area (Å²) in [6.07, 6.45) is 0.710. The minimum atomic E-state index is -0.789. The number of hydrogen-bond acceptors (Lipinski definition) is 4. The first kappa shape index (κ1) is 14.3. The smallest absolute Gasteiger partial charge is 0.408 e. The Morgan fingerprint density at radius 2 is 2.20 bits per heavy atom. The molecule has 0 unspecified atom stereocenters. The van der Waals surface area contributed by atoms with E-state index in [0.717, 1.165) is 5.56 Å². The largest absolute Gasteiger partial charge is 0.417 e. The number of oxazole rings is 1. The third-order valence-electron chi connectivity index (χ3n) is 2.91. The molecule has 6 nitrogen and oxygen atoms in total. The fourth-order valence-corrected chi connectivity index (χ4v) is 1.86. The van der Waals surface area contributed by atoms with E-state index in [2.05, 4.69) is 10.3 Å². The van der Waals surface area contributed by atoms with E-state index in [4.69, 9.17) is 4.42 Å². The summed E-state index contributed by atoms with van der Waals surface area (Å²) in [5, 5.41) is 12.3. The molecule has 0 aliphatic heterocycles. The monoisotopic (exact) mass is 278 g/mol. The molecule has 2 aromatic rings. The Morgan fingerprint density at radius 1 is 1.45 bits per heavy atom. The molecule has 0 aliphatic rings. The molecule has 0 spiro atoms. The second-order valence-electron chi connectivity index (χ2n) is 5.43. The van der Waals surface area contributed by atoms with Gasteiger partial charge in [-0.05, 0) is 38.0 Å². The zero-order valence-electron chi connectivity index (χ0n) is 11.5. The summed E-state index contributed by atoms with van der Waals surface area (Å²) in [6, 6.07) is 5.12. The molecule has 1 aromatic heterocycles. The maximum atomic E-state index is 11.8. The van der Waals surface area contributed by atoms with Crippen molar-refractivity contribution in [3.8, 4) is 0 Å². The molecule has 20 heavy (non-hydrogen) atoms. The summed E-state index contributed by atoms with van der Waals surface area (Å²) in [6.45, 7) is 3.82. The minimum absolute atomic E-state index is 0.126. The van der Waals surface area contributed by atoms with Gasteiger partial charge in [-0.2, -0.15) is 0 Å². The van der Waals surface area contributed by atoms with Gasteiger partial charge in [-0.25, -0.2) is 4.79 Å².